The Morgan fingerprint density at radius 2 is 1.83 bits per heavy atom. The molecule has 1 N–H and O–H groups in total. The van der Waals surface area contributed by atoms with Crippen LogP contribution in [0.2, 0.25) is 0 Å². The molecular weight excluding hydrogens is 380 g/mol. The number of anilines is 1. The van der Waals surface area contributed by atoms with E-state index in [2.05, 4.69) is 15.4 Å². The van der Waals surface area contributed by atoms with E-state index in [1.165, 1.54) is 6.33 Å². The highest BCUT2D eigenvalue weighted by Crippen LogP contribution is 2.45. The Morgan fingerprint density at radius 3 is 2.60 bits per heavy atom. The first-order valence-electron chi connectivity index (χ1n) is 9.89. The van der Waals surface area contributed by atoms with Crippen molar-refractivity contribution >= 4 is 11.7 Å². The van der Waals surface area contributed by atoms with Gasteiger partial charge in [-0.05, 0) is 36.1 Å². The third-order valence-electron chi connectivity index (χ3n) is 5.88. The number of fused-ring (bicyclic) bond motifs is 1. The molecule has 0 saturated heterocycles. The molecular formula is C23H22N4O3. The normalized spacial score (nSPS) is 20.3. The number of methoxy groups -OCH3 is 2. The number of para-hydroxylation sites is 1. The number of aromatic nitrogens is 3. The van der Waals surface area contributed by atoms with E-state index in [1.807, 2.05) is 48.5 Å². The van der Waals surface area contributed by atoms with Gasteiger partial charge in [-0.1, -0.05) is 30.3 Å². The fourth-order valence-electron chi connectivity index (χ4n) is 4.44. The highest BCUT2D eigenvalue weighted by molar-refractivity contribution is 6.00. The number of rotatable bonds is 4. The van der Waals surface area contributed by atoms with Crippen molar-refractivity contribution in [3.8, 4) is 11.5 Å². The lowest BCUT2D eigenvalue weighted by Gasteiger charge is -2.35. The summed E-state index contributed by atoms with van der Waals surface area (Å²) in [5.41, 5.74) is 3.67. The molecule has 2 heterocycles. The van der Waals surface area contributed by atoms with Crippen LogP contribution in [0.1, 0.15) is 35.9 Å². The minimum absolute atomic E-state index is 0.0995. The quantitative estimate of drug-likeness (QED) is 0.717. The van der Waals surface area contributed by atoms with Gasteiger partial charge in [0.25, 0.3) is 0 Å². The molecule has 0 fully saturated rings. The fourth-order valence-corrected chi connectivity index (χ4v) is 4.44. The Balaban J connectivity index is 1.58. The van der Waals surface area contributed by atoms with Crippen molar-refractivity contribution in [2.75, 3.05) is 19.5 Å². The first-order valence-corrected chi connectivity index (χ1v) is 9.89. The van der Waals surface area contributed by atoms with Crippen LogP contribution >= 0.6 is 0 Å². The zero-order valence-corrected chi connectivity index (χ0v) is 16.8. The average Bonchev–Trinajstić information content (AvgIpc) is 3.25. The van der Waals surface area contributed by atoms with Crippen molar-refractivity contribution in [2.45, 2.75) is 24.8 Å². The van der Waals surface area contributed by atoms with Crippen molar-refractivity contribution in [2.24, 2.45) is 0 Å². The first-order chi connectivity index (χ1) is 14.7. The lowest BCUT2D eigenvalue weighted by atomic mass is 9.78. The molecule has 30 heavy (non-hydrogen) atoms. The number of benzene rings is 2. The zero-order valence-electron chi connectivity index (χ0n) is 16.8. The summed E-state index contributed by atoms with van der Waals surface area (Å²) in [7, 11) is 3.29. The second kappa shape index (κ2) is 7.33. The predicted molar refractivity (Wildman–Crippen MR) is 112 cm³/mol. The largest absolute Gasteiger partial charge is 0.497 e. The standard InChI is InChI=1S/C23H22N4O3/c1-29-16-9-7-14(8-10-16)15-11-18-21(19(28)12-15)22(27-23(26-18)24-13-25-27)17-5-3-4-6-20(17)30-2/h3-10,13,15,22H,11-12H2,1-2H3,(H,24,25,26)/t15-,22-/m0/s1. The highest BCUT2D eigenvalue weighted by atomic mass is 16.5. The Kier molecular flexibility index (Phi) is 4.50. The van der Waals surface area contributed by atoms with Gasteiger partial charge in [0, 0.05) is 23.3 Å². The monoisotopic (exact) mass is 402 g/mol. The summed E-state index contributed by atoms with van der Waals surface area (Å²) in [6.45, 7) is 0. The summed E-state index contributed by atoms with van der Waals surface area (Å²) >= 11 is 0. The predicted octanol–water partition coefficient (Wildman–Crippen LogP) is 3.71. The molecule has 0 unspecified atom stereocenters. The highest BCUT2D eigenvalue weighted by Gasteiger charge is 2.40. The van der Waals surface area contributed by atoms with E-state index in [4.69, 9.17) is 9.47 Å². The Morgan fingerprint density at radius 1 is 1.03 bits per heavy atom. The molecule has 2 atom stereocenters. The zero-order chi connectivity index (χ0) is 20.7. The molecule has 152 valence electrons. The summed E-state index contributed by atoms with van der Waals surface area (Å²) in [5.74, 6) is 2.38. The molecule has 0 bridgehead atoms. The van der Waals surface area contributed by atoms with Crippen LogP contribution in [-0.4, -0.2) is 34.8 Å². The maximum absolute atomic E-state index is 13.4. The van der Waals surface area contributed by atoms with E-state index < -0.39 is 0 Å². The van der Waals surface area contributed by atoms with Gasteiger partial charge in [0.1, 0.15) is 23.9 Å². The van der Waals surface area contributed by atoms with Crippen molar-refractivity contribution in [3.05, 3.63) is 77.3 Å². The number of ether oxygens (including phenoxy) is 2. The van der Waals surface area contributed by atoms with E-state index in [-0.39, 0.29) is 17.7 Å². The Labute approximate surface area is 174 Å². The number of Topliss-reactive ketones (excluding diaryl/α,β-unsaturated/α-hetero) is 1. The molecule has 2 aromatic carbocycles. The number of hydrogen-bond donors (Lipinski definition) is 1. The summed E-state index contributed by atoms with van der Waals surface area (Å²) in [5, 5.41) is 7.75. The number of carbonyl (C=O) groups is 1. The summed E-state index contributed by atoms with van der Waals surface area (Å²) in [6, 6.07) is 15.3. The van der Waals surface area contributed by atoms with E-state index in [0.717, 1.165) is 40.3 Å². The van der Waals surface area contributed by atoms with Crippen molar-refractivity contribution in [3.63, 3.8) is 0 Å². The molecule has 5 rings (SSSR count). The lowest BCUT2D eigenvalue weighted by Crippen LogP contribution is -2.33. The number of carbonyl (C=O) groups excluding carboxylic acids is 1. The topological polar surface area (TPSA) is 78.3 Å². The smallest absolute Gasteiger partial charge is 0.226 e. The summed E-state index contributed by atoms with van der Waals surface area (Å²) < 4.78 is 12.6. The van der Waals surface area contributed by atoms with Crippen LogP contribution in [0.25, 0.3) is 0 Å². The second-order valence-electron chi connectivity index (χ2n) is 7.49. The van der Waals surface area contributed by atoms with Gasteiger partial charge in [-0.15, -0.1) is 0 Å². The van der Waals surface area contributed by atoms with E-state index in [9.17, 15) is 4.79 Å². The molecule has 3 aromatic rings. The van der Waals surface area contributed by atoms with E-state index in [1.54, 1.807) is 18.9 Å². The lowest BCUT2D eigenvalue weighted by molar-refractivity contribution is -0.116. The van der Waals surface area contributed by atoms with Gasteiger partial charge in [0.2, 0.25) is 5.95 Å². The first kappa shape index (κ1) is 18.4. The molecule has 7 heteroatoms. The van der Waals surface area contributed by atoms with Crippen molar-refractivity contribution in [1.82, 2.24) is 14.8 Å². The van der Waals surface area contributed by atoms with Crippen LogP contribution in [0.15, 0.2) is 66.1 Å². The van der Waals surface area contributed by atoms with Crippen LogP contribution in [0, 0.1) is 0 Å². The minimum atomic E-state index is -0.362. The number of nitrogens with one attached hydrogen (secondary N) is 1. The van der Waals surface area contributed by atoms with E-state index >= 15 is 0 Å². The third-order valence-corrected chi connectivity index (χ3v) is 5.88. The Bertz CT molecular complexity index is 1130. The van der Waals surface area contributed by atoms with Gasteiger partial charge in [-0.3, -0.25) is 4.79 Å². The molecule has 0 saturated carbocycles. The van der Waals surface area contributed by atoms with Crippen LogP contribution in [0.3, 0.4) is 0 Å². The van der Waals surface area contributed by atoms with Crippen LogP contribution in [-0.2, 0) is 4.79 Å². The molecule has 7 nitrogen and oxygen atoms in total. The van der Waals surface area contributed by atoms with Gasteiger partial charge >= 0.3 is 0 Å². The summed E-state index contributed by atoms with van der Waals surface area (Å²) in [4.78, 5) is 17.8. The van der Waals surface area contributed by atoms with Gasteiger partial charge in [-0.25, -0.2) is 4.68 Å². The molecule has 1 aliphatic carbocycles. The maximum Gasteiger partial charge on any atom is 0.226 e. The van der Waals surface area contributed by atoms with Crippen LogP contribution in [0.4, 0.5) is 5.95 Å². The fraction of sp³-hybridized carbons (Fsp3) is 0.261. The number of ketones is 1. The molecule has 0 radical (unpaired) electrons. The van der Waals surface area contributed by atoms with Crippen LogP contribution < -0.4 is 14.8 Å². The molecule has 2 aliphatic rings. The van der Waals surface area contributed by atoms with Crippen LogP contribution in [0.5, 0.6) is 11.5 Å². The maximum atomic E-state index is 13.4. The number of nitrogens with zero attached hydrogens (tertiary/aromatic N) is 3. The second-order valence-corrected chi connectivity index (χ2v) is 7.49. The molecule has 0 spiro atoms. The summed E-state index contributed by atoms with van der Waals surface area (Å²) in [6.07, 6.45) is 2.68. The van der Waals surface area contributed by atoms with Crippen molar-refractivity contribution in [1.29, 1.82) is 0 Å². The van der Waals surface area contributed by atoms with Gasteiger partial charge < -0.3 is 14.8 Å². The Hall–Kier alpha value is -3.61. The van der Waals surface area contributed by atoms with E-state index in [0.29, 0.717) is 12.4 Å². The number of hydrogen-bond acceptors (Lipinski definition) is 6. The van der Waals surface area contributed by atoms with Gasteiger partial charge in [0.05, 0.1) is 14.2 Å². The average molecular weight is 402 g/mol. The molecule has 1 aromatic heterocycles. The van der Waals surface area contributed by atoms with Gasteiger partial charge in [0.15, 0.2) is 5.78 Å². The van der Waals surface area contributed by atoms with Crippen molar-refractivity contribution < 1.29 is 14.3 Å². The SMILES string of the molecule is COc1ccc([C@@H]2CC(=O)C3=C(C2)Nc2ncnn2[C@H]3c2ccccc2OC)cc1. The molecule has 0 amide bonds. The third kappa shape index (κ3) is 2.94. The number of allylic oxidation sites excluding steroid dienone is 2. The molecule has 1 aliphatic heterocycles. The minimum Gasteiger partial charge on any atom is -0.497 e. The van der Waals surface area contributed by atoms with Gasteiger partial charge in [-0.2, -0.15) is 10.1 Å².